The Morgan fingerprint density at radius 1 is 1.15 bits per heavy atom. The predicted molar refractivity (Wildman–Crippen MR) is 106 cm³/mol. The summed E-state index contributed by atoms with van der Waals surface area (Å²) < 4.78 is 5.30. The molecule has 0 N–H and O–H groups in total. The van der Waals surface area contributed by atoms with Gasteiger partial charge < -0.3 is 4.74 Å². The fourth-order valence-corrected chi connectivity index (χ4v) is 3.49. The van der Waals surface area contributed by atoms with Gasteiger partial charge in [-0.05, 0) is 59.8 Å². The summed E-state index contributed by atoms with van der Waals surface area (Å²) in [6.45, 7) is 0.110. The summed E-state index contributed by atoms with van der Waals surface area (Å²) in [5.41, 5.74) is 1.14. The van der Waals surface area contributed by atoms with Gasteiger partial charge in [-0.1, -0.05) is 35.2 Å². The second-order valence-corrected chi connectivity index (χ2v) is 7.01. The van der Waals surface area contributed by atoms with Crippen LogP contribution in [0.5, 0.6) is 5.75 Å². The van der Waals surface area contributed by atoms with Gasteiger partial charge in [0.15, 0.2) is 0 Å². The first-order chi connectivity index (χ1) is 12.5. The van der Waals surface area contributed by atoms with Crippen molar-refractivity contribution in [3.8, 4) is 18.1 Å². The van der Waals surface area contributed by atoms with Crippen LogP contribution in [0.1, 0.15) is 5.56 Å². The normalized spacial score (nSPS) is 15.4. The molecule has 4 nitrogen and oxygen atoms in total. The Hall–Kier alpha value is -2.39. The van der Waals surface area contributed by atoms with Gasteiger partial charge in [0.25, 0.3) is 11.1 Å². The third-order valence-electron chi connectivity index (χ3n) is 3.44. The van der Waals surface area contributed by atoms with Crippen LogP contribution in [0.4, 0.5) is 10.5 Å². The molecule has 1 saturated heterocycles. The third kappa shape index (κ3) is 3.88. The van der Waals surface area contributed by atoms with Crippen molar-refractivity contribution in [2.24, 2.45) is 0 Å². The number of hydrogen-bond acceptors (Lipinski definition) is 4. The van der Waals surface area contributed by atoms with E-state index in [2.05, 4.69) is 5.92 Å². The number of hydrogen-bond donors (Lipinski definition) is 0. The van der Waals surface area contributed by atoms with E-state index in [-0.39, 0.29) is 11.8 Å². The van der Waals surface area contributed by atoms with E-state index in [1.54, 1.807) is 48.5 Å². The summed E-state index contributed by atoms with van der Waals surface area (Å²) in [5.74, 6) is 2.42. The summed E-state index contributed by atoms with van der Waals surface area (Å²) in [6.07, 6.45) is 6.76. The number of anilines is 1. The van der Waals surface area contributed by atoms with Crippen molar-refractivity contribution in [2.45, 2.75) is 0 Å². The van der Waals surface area contributed by atoms with Crippen LogP contribution in [-0.2, 0) is 4.79 Å². The largest absolute Gasteiger partial charge is 0.479 e. The van der Waals surface area contributed by atoms with Crippen molar-refractivity contribution in [3.05, 3.63) is 63.0 Å². The first-order valence-electron chi connectivity index (χ1n) is 7.39. The molecule has 0 unspecified atom stereocenters. The quantitative estimate of drug-likeness (QED) is 0.516. The van der Waals surface area contributed by atoms with Crippen LogP contribution in [-0.4, -0.2) is 17.8 Å². The lowest BCUT2D eigenvalue weighted by molar-refractivity contribution is -0.113. The van der Waals surface area contributed by atoms with E-state index in [0.717, 1.165) is 16.7 Å². The second-order valence-electron chi connectivity index (χ2n) is 5.18. The molecule has 0 aliphatic carbocycles. The topological polar surface area (TPSA) is 46.6 Å². The first kappa shape index (κ1) is 18.4. The zero-order valence-electron chi connectivity index (χ0n) is 13.2. The molecule has 26 heavy (non-hydrogen) atoms. The molecule has 130 valence electrons. The number of terminal acetylenes is 1. The van der Waals surface area contributed by atoms with Gasteiger partial charge >= 0.3 is 0 Å². The third-order valence-corrected chi connectivity index (χ3v) is 4.86. The highest BCUT2D eigenvalue weighted by Gasteiger charge is 2.36. The van der Waals surface area contributed by atoms with Gasteiger partial charge in [0.05, 0.1) is 15.6 Å². The Labute approximate surface area is 164 Å². The predicted octanol–water partition coefficient (Wildman–Crippen LogP) is 5.25. The van der Waals surface area contributed by atoms with Crippen LogP contribution in [0, 0.1) is 12.3 Å². The van der Waals surface area contributed by atoms with Crippen LogP contribution >= 0.6 is 35.0 Å². The lowest BCUT2D eigenvalue weighted by atomic mass is 10.2. The fraction of sp³-hybridized carbons (Fsp3) is 0.0526. The maximum absolute atomic E-state index is 12.6. The van der Waals surface area contributed by atoms with Gasteiger partial charge in [0.1, 0.15) is 12.4 Å². The summed E-state index contributed by atoms with van der Waals surface area (Å²) >= 11 is 12.9. The van der Waals surface area contributed by atoms with E-state index in [1.165, 1.54) is 0 Å². The molecule has 1 heterocycles. The van der Waals surface area contributed by atoms with Crippen LogP contribution in [0.3, 0.4) is 0 Å². The molecular weight excluding hydrogens is 393 g/mol. The number of carbonyl (C=O) groups is 2. The van der Waals surface area contributed by atoms with Gasteiger partial charge in [0.2, 0.25) is 0 Å². The molecule has 0 saturated carbocycles. The lowest BCUT2D eigenvalue weighted by Gasteiger charge is -2.12. The number of rotatable bonds is 4. The number of halogens is 2. The van der Waals surface area contributed by atoms with Crippen molar-refractivity contribution in [1.82, 2.24) is 0 Å². The number of benzene rings is 2. The van der Waals surface area contributed by atoms with Crippen molar-refractivity contribution in [2.75, 3.05) is 11.5 Å². The van der Waals surface area contributed by atoms with Crippen molar-refractivity contribution >= 4 is 57.9 Å². The van der Waals surface area contributed by atoms with Crippen LogP contribution < -0.4 is 9.64 Å². The monoisotopic (exact) mass is 403 g/mol. The van der Waals surface area contributed by atoms with Gasteiger partial charge in [-0.25, -0.2) is 4.90 Å². The van der Waals surface area contributed by atoms with Crippen LogP contribution in [0.25, 0.3) is 6.08 Å². The molecular formula is C19H11Cl2NO3S. The number of imide groups is 1. The molecule has 1 aliphatic heterocycles. The van der Waals surface area contributed by atoms with Gasteiger partial charge in [0, 0.05) is 5.02 Å². The summed E-state index contributed by atoms with van der Waals surface area (Å²) in [5, 5.41) is 0.521. The highest BCUT2D eigenvalue weighted by atomic mass is 35.5. The zero-order valence-corrected chi connectivity index (χ0v) is 15.6. The van der Waals surface area contributed by atoms with E-state index >= 15 is 0 Å². The summed E-state index contributed by atoms with van der Waals surface area (Å²) in [4.78, 5) is 26.3. The molecule has 3 rings (SSSR count). The Kier molecular flexibility index (Phi) is 5.58. The van der Waals surface area contributed by atoms with Crippen molar-refractivity contribution < 1.29 is 14.3 Å². The minimum atomic E-state index is -0.397. The SMILES string of the molecule is C#CCOc1ccc(/C=C2\SC(=O)N(c3ccc(Cl)cc3)C2=O)cc1Cl. The summed E-state index contributed by atoms with van der Waals surface area (Å²) in [6, 6.07) is 11.5. The molecule has 0 aromatic heterocycles. The Morgan fingerprint density at radius 2 is 1.88 bits per heavy atom. The Bertz CT molecular complexity index is 948. The smallest absolute Gasteiger partial charge is 0.298 e. The number of ether oxygens (including phenoxy) is 1. The van der Waals surface area contributed by atoms with Gasteiger partial charge in [-0.2, -0.15) is 0 Å². The molecule has 0 atom stereocenters. The average Bonchev–Trinajstić information content (AvgIpc) is 2.89. The maximum atomic E-state index is 12.6. The minimum absolute atomic E-state index is 0.110. The van der Waals surface area contributed by atoms with E-state index in [0.29, 0.717) is 32.0 Å². The maximum Gasteiger partial charge on any atom is 0.298 e. The molecule has 0 spiro atoms. The first-order valence-corrected chi connectivity index (χ1v) is 8.96. The van der Waals surface area contributed by atoms with Gasteiger partial charge in [-0.3, -0.25) is 9.59 Å². The molecule has 0 radical (unpaired) electrons. The Morgan fingerprint density at radius 3 is 2.54 bits per heavy atom. The van der Waals surface area contributed by atoms with Gasteiger partial charge in [-0.15, -0.1) is 6.42 Å². The van der Waals surface area contributed by atoms with Crippen LogP contribution in [0.15, 0.2) is 47.4 Å². The standard InChI is InChI=1S/C19H11Cl2NO3S/c1-2-9-25-16-8-3-12(10-15(16)21)11-17-18(23)22(19(24)26-17)14-6-4-13(20)5-7-14/h1,3-8,10-11H,9H2/b17-11-. The highest BCUT2D eigenvalue weighted by molar-refractivity contribution is 8.19. The molecule has 7 heteroatoms. The van der Waals surface area contributed by atoms with E-state index < -0.39 is 5.91 Å². The lowest BCUT2D eigenvalue weighted by Crippen LogP contribution is -2.27. The average molecular weight is 404 g/mol. The molecule has 2 aromatic rings. The van der Waals surface area contributed by atoms with E-state index in [4.69, 9.17) is 34.4 Å². The molecule has 0 bridgehead atoms. The minimum Gasteiger partial charge on any atom is -0.479 e. The number of amides is 2. The van der Waals surface area contributed by atoms with E-state index in [9.17, 15) is 9.59 Å². The molecule has 1 aliphatic rings. The van der Waals surface area contributed by atoms with Crippen LogP contribution in [0.2, 0.25) is 10.0 Å². The zero-order chi connectivity index (χ0) is 18.7. The van der Waals surface area contributed by atoms with E-state index in [1.807, 2.05) is 0 Å². The van der Waals surface area contributed by atoms with Crippen molar-refractivity contribution in [3.63, 3.8) is 0 Å². The fourth-order valence-electron chi connectivity index (χ4n) is 2.28. The van der Waals surface area contributed by atoms with Crippen molar-refractivity contribution in [1.29, 1.82) is 0 Å². The highest BCUT2D eigenvalue weighted by Crippen LogP contribution is 2.36. The number of nitrogens with zero attached hydrogens (tertiary/aromatic N) is 1. The molecule has 1 fully saturated rings. The number of carbonyl (C=O) groups excluding carboxylic acids is 2. The second kappa shape index (κ2) is 7.88. The molecule has 2 amide bonds. The molecule has 2 aromatic carbocycles. The summed E-state index contributed by atoms with van der Waals surface area (Å²) in [7, 11) is 0. The number of thioether (sulfide) groups is 1. The Balaban J connectivity index is 1.85.